The molecule has 0 saturated carbocycles. The number of aromatic nitrogens is 1. The average Bonchev–Trinajstić information content (AvgIpc) is 2.38. The Labute approximate surface area is 108 Å². The van der Waals surface area contributed by atoms with Crippen LogP contribution in [0.4, 0.5) is 11.5 Å². The van der Waals surface area contributed by atoms with E-state index in [1.165, 1.54) is 18.0 Å². The van der Waals surface area contributed by atoms with Gasteiger partial charge in [0.1, 0.15) is 11.9 Å². The van der Waals surface area contributed by atoms with E-state index in [1.807, 2.05) is 30.3 Å². The molecule has 1 aromatic heterocycles. The van der Waals surface area contributed by atoms with Crippen LogP contribution in [0.5, 0.6) is 0 Å². The highest BCUT2D eigenvalue weighted by molar-refractivity contribution is 7.98. The number of hydrogen-bond acceptors (Lipinski definition) is 5. The van der Waals surface area contributed by atoms with Crippen molar-refractivity contribution in [3.05, 3.63) is 58.3 Å². The number of nitro groups is 1. The summed E-state index contributed by atoms with van der Waals surface area (Å²) in [5.74, 6) is 0.430. The highest BCUT2D eigenvalue weighted by Crippen LogP contribution is 2.32. The minimum atomic E-state index is -0.568. The van der Waals surface area contributed by atoms with Crippen LogP contribution in [0.15, 0.2) is 47.5 Å². The van der Waals surface area contributed by atoms with Gasteiger partial charge < -0.3 is 15.8 Å². The average molecular weight is 261 g/mol. The quantitative estimate of drug-likeness (QED) is 0.520. The van der Waals surface area contributed by atoms with Crippen LogP contribution in [-0.4, -0.2) is 9.91 Å². The van der Waals surface area contributed by atoms with Gasteiger partial charge in [-0.15, -0.1) is 11.8 Å². The van der Waals surface area contributed by atoms with Crippen molar-refractivity contribution in [3.63, 3.8) is 0 Å². The Balaban J connectivity index is 2.15. The molecule has 0 radical (unpaired) electrons. The Hall–Kier alpha value is -2.08. The molecular weight excluding hydrogens is 250 g/mol. The monoisotopic (exact) mass is 261 g/mol. The second-order valence-electron chi connectivity index (χ2n) is 3.58. The summed E-state index contributed by atoms with van der Waals surface area (Å²) in [6.45, 7) is 0. The number of rotatable bonds is 4. The van der Waals surface area contributed by atoms with Gasteiger partial charge in [0.2, 0.25) is 0 Å². The Morgan fingerprint density at radius 2 is 2.00 bits per heavy atom. The molecule has 0 saturated heterocycles. The summed E-state index contributed by atoms with van der Waals surface area (Å²) < 4.78 is 0. The van der Waals surface area contributed by atoms with Crippen LogP contribution in [-0.2, 0) is 5.75 Å². The third kappa shape index (κ3) is 2.78. The van der Waals surface area contributed by atoms with Crippen LogP contribution < -0.4 is 5.73 Å². The molecule has 0 spiro atoms. The molecule has 1 aromatic carbocycles. The van der Waals surface area contributed by atoms with Crippen molar-refractivity contribution in [3.8, 4) is 0 Å². The van der Waals surface area contributed by atoms with Crippen LogP contribution in [0.1, 0.15) is 5.56 Å². The van der Waals surface area contributed by atoms with Gasteiger partial charge in [-0.1, -0.05) is 30.3 Å². The molecule has 92 valence electrons. The molecule has 2 N–H and O–H groups in total. The third-order valence-corrected chi connectivity index (χ3v) is 3.48. The largest absolute Gasteiger partial charge is 0.391 e. The highest BCUT2D eigenvalue weighted by atomic mass is 32.2. The number of anilines is 1. The van der Waals surface area contributed by atoms with Gasteiger partial charge in [0.15, 0.2) is 0 Å². The summed E-state index contributed by atoms with van der Waals surface area (Å²) in [5, 5.41) is 10.7. The van der Waals surface area contributed by atoms with E-state index in [2.05, 4.69) is 4.98 Å². The van der Waals surface area contributed by atoms with Crippen molar-refractivity contribution in [1.29, 1.82) is 0 Å². The zero-order valence-electron chi connectivity index (χ0n) is 9.45. The lowest BCUT2D eigenvalue weighted by atomic mass is 10.2. The third-order valence-electron chi connectivity index (χ3n) is 2.34. The number of pyridine rings is 1. The first-order chi connectivity index (χ1) is 8.68. The minimum absolute atomic E-state index is 0.128. The second-order valence-corrected chi connectivity index (χ2v) is 4.59. The van der Waals surface area contributed by atoms with Crippen LogP contribution in [0.3, 0.4) is 0 Å². The summed E-state index contributed by atoms with van der Waals surface area (Å²) in [7, 11) is 0. The number of nitrogens with two attached hydrogens (primary N) is 1. The lowest BCUT2D eigenvalue weighted by Gasteiger charge is -2.04. The maximum Gasteiger partial charge on any atom is 0.387 e. The molecule has 0 bridgehead atoms. The predicted molar refractivity (Wildman–Crippen MR) is 71.3 cm³/mol. The normalized spacial score (nSPS) is 10.2. The molecule has 0 unspecified atom stereocenters. The van der Waals surface area contributed by atoms with Crippen LogP contribution in [0.2, 0.25) is 0 Å². The van der Waals surface area contributed by atoms with Gasteiger partial charge in [0, 0.05) is 10.6 Å². The molecule has 0 aliphatic rings. The molecule has 5 nitrogen and oxygen atoms in total. The van der Waals surface area contributed by atoms with Gasteiger partial charge in [-0.3, -0.25) is 0 Å². The minimum Gasteiger partial charge on any atom is -0.391 e. The van der Waals surface area contributed by atoms with E-state index in [9.17, 15) is 10.1 Å². The van der Waals surface area contributed by atoms with Crippen molar-refractivity contribution in [2.24, 2.45) is 0 Å². The van der Waals surface area contributed by atoms with Crippen LogP contribution in [0, 0.1) is 10.1 Å². The molecule has 2 aromatic rings. The lowest BCUT2D eigenvalue weighted by molar-refractivity contribution is -0.388. The topological polar surface area (TPSA) is 82.0 Å². The van der Waals surface area contributed by atoms with E-state index in [0.29, 0.717) is 10.6 Å². The molecule has 0 fully saturated rings. The van der Waals surface area contributed by atoms with Gasteiger partial charge in [-0.05, 0) is 21.5 Å². The van der Waals surface area contributed by atoms with E-state index in [0.717, 1.165) is 5.56 Å². The first-order valence-electron chi connectivity index (χ1n) is 5.24. The molecule has 6 heteroatoms. The van der Waals surface area contributed by atoms with Crippen molar-refractivity contribution in [2.45, 2.75) is 10.6 Å². The predicted octanol–water partition coefficient (Wildman–Crippen LogP) is 2.86. The second kappa shape index (κ2) is 5.50. The van der Waals surface area contributed by atoms with Crippen molar-refractivity contribution < 1.29 is 4.92 Å². The SMILES string of the molecule is Nc1c(SCc2ccccc2)ccnc1[N+](=O)[O-]. The van der Waals surface area contributed by atoms with Crippen molar-refractivity contribution in [2.75, 3.05) is 5.73 Å². The molecule has 1 heterocycles. The maximum absolute atomic E-state index is 10.7. The molecule has 18 heavy (non-hydrogen) atoms. The molecule has 0 amide bonds. The van der Waals surface area contributed by atoms with Gasteiger partial charge in [0.05, 0.1) is 0 Å². The van der Waals surface area contributed by atoms with E-state index >= 15 is 0 Å². The summed E-state index contributed by atoms with van der Waals surface area (Å²) in [6, 6.07) is 11.5. The molecule has 0 atom stereocenters. The van der Waals surface area contributed by atoms with Gasteiger partial charge in [-0.25, -0.2) is 0 Å². The fourth-order valence-electron chi connectivity index (χ4n) is 1.45. The van der Waals surface area contributed by atoms with E-state index in [4.69, 9.17) is 5.73 Å². The summed E-state index contributed by atoms with van der Waals surface area (Å²) in [5.41, 5.74) is 6.99. The standard InChI is InChI=1S/C12H11N3O2S/c13-11-10(6-7-14-12(11)15(16)17)18-8-9-4-2-1-3-5-9/h1-7H,8,13H2. The highest BCUT2D eigenvalue weighted by Gasteiger charge is 2.16. The number of thioether (sulfide) groups is 1. The van der Waals surface area contributed by atoms with E-state index in [1.54, 1.807) is 6.07 Å². The number of benzene rings is 1. The molecule has 0 aliphatic carbocycles. The Morgan fingerprint density at radius 3 is 2.67 bits per heavy atom. The van der Waals surface area contributed by atoms with Gasteiger partial charge >= 0.3 is 5.82 Å². The van der Waals surface area contributed by atoms with Crippen molar-refractivity contribution in [1.82, 2.24) is 4.98 Å². The first-order valence-corrected chi connectivity index (χ1v) is 6.22. The van der Waals surface area contributed by atoms with Crippen molar-refractivity contribution >= 4 is 23.3 Å². The Bertz CT molecular complexity index is 561. The maximum atomic E-state index is 10.7. The Morgan fingerprint density at radius 1 is 1.28 bits per heavy atom. The molecule has 2 rings (SSSR count). The lowest BCUT2D eigenvalue weighted by Crippen LogP contribution is -1.99. The Kier molecular flexibility index (Phi) is 3.78. The molecular formula is C12H11N3O2S. The van der Waals surface area contributed by atoms with Crippen LogP contribution >= 0.6 is 11.8 Å². The van der Waals surface area contributed by atoms with Gasteiger partial charge in [-0.2, -0.15) is 0 Å². The van der Waals surface area contributed by atoms with E-state index < -0.39 is 4.92 Å². The summed E-state index contributed by atoms with van der Waals surface area (Å²) in [6.07, 6.45) is 1.40. The number of nitrogens with zero attached hydrogens (tertiary/aromatic N) is 2. The van der Waals surface area contributed by atoms with Gasteiger partial charge in [0.25, 0.3) is 0 Å². The number of nitrogen functional groups attached to an aromatic ring is 1. The fraction of sp³-hybridized carbons (Fsp3) is 0.0833. The first kappa shape index (κ1) is 12.4. The van der Waals surface area contributed by atoms with E-state index in [-0.39, 0.29) is 11.5 Å². The number of hydrogen-bond donors (Lipinski definition) is 1. The van der Waals surface area contributed by atoms with Crippen LogP contribution in [0.25, 0.3) is 0 Å². The smallest absolute Gasteiger partial charge is 0.387 e. The molecule has 0 aliphatic heterocycles. The zero-order valence-corrected chi connectivity index (χ0v) is 10.3. The summed E-state index contributed by atoms with van der Waals surface area (Å²) >= 11 is 1.46. The fourth-order valence-corrected chi connectivity index (χ4v) is 2.37. The zero-order chi connectivity index (χ0) is 13.0. The summed E-state index contributed by atoms with van der Waals surface area (Å²) in [4.78, 5) is 14.5.